The molecule has 0 aromatic heterocycles. The van der Waals surface area contributed by atoms with E-state index in [1.54, 1.807) is 0 Å². The zero-order chi connectivity index (χ0) is 14.4. The van der Waals surface area contributed by atoms with Crippen LogP contribution in [-0.4, -0.2) is 6.61 Å². The highest BCUT2D eigenvalue weighted by Crippen LogP contribution is 2.21. The number of anilines is 1. The minimum Gasteiger partial charge on any atom is -0.493 e. The van der Waals surface area contributed by atoms with Crippen molar-refractivity contribution in [1.29, 1.82) is 0 Å². The zero-order valence-electron chi connectivity index (χ0n) is 12.5. The molecule has 1 unspecified atom stereocenters. The molecule has 0 heterocycles. The van der Waals surface area contributed by atoms with Crippen molar-refractivity contribution in [1.82, 2.24) is 0 Å². The van der Waals surface area contributed by atoms with E-state index in [2.05, 4.69) is 50.4 Å². The normalized spacial score (nSPS) is 12.2. The molecular weight excluding hydrogens is 246 g/mol. The summed E-state index contributed by atoms with van der Waals surface area (Å²) in [5.74, 6) is 1.49. The third kappa shape index (κ3) is 4.30. The molecule has 0 saturated carbocycles. The zero-order valence-corrected chi connectivity index (χ0v) is 12.5. The predicted molar refractivity (Wildman–Crippen MR) is 85.3 cm³/mol. The van der Waals surface area contributed by atoms with Gasteiger partial charge in [0.05, 0.1) is 6.61 Å². The van der Waals surface area contributed by atoms with Gasteiger partial charge in [0.15, 0.2) is 0 Å². The van der Waals surface area contributed by atoms with Crippen molar-refractivity contribution in [2.45, 2.75) is 26.8 Å². The van der Waals surface area contributed by atoms with Crippen LogP contribution in [0.3, 0.4) is 0 Å². The number of hydrogen-bond acceptors (Lipinski definition) is 2. The fourth-order valence-corrected chi connectivity index (χ4v) is 1.98. The second-order valence-corrected chi connectivity index (χ2v) is 5.51. The molecule has 106 valence electrons. The fraction of sp³-hybridized carbons (Fsp3) is 0.333. The molecule has 0 saturated heterocycles. The second kappa shape index (κ2) is 6.99. The number of benzene rings is 2. The Morgan fingerprint density at radius 1 is 0.900 bits per heavy atom. The van der Waals surface area contributed by atoms with Crippen molar-refractivity contribution >= 4 is 5.69 Å². The van der Waals surface area contributed by atoms with Crippen molar-refractivity contribution in [2.75, 3.05) is 11.9 Å². The van der Waals surface area contributed by atoms with E-state index in [9.17, 15) is 0 Å². The summed E-state index contributed by atoms with van der Waals surface area (Å²) in [5, 5.41) is 3.49. The molecule has 2 aromatic rings. The average molecular weight is 269 g/mol. The Hall–Kier alpha value is -1.96. The molecule has 0 aliphatic carbocycles. The number of ether oxygens (including phenoxy) is 1. The predicted octanol–water partition coefficient (Wildman–Crippen LogP) is 4.89. The first-order valence-electron chi connectivity index (χ1n) is 7.19. The lowest BCUT2D eigenvalue weighted by molar-refractivity contribution is 0.271. The van der Waals surface area contributed by atoms with Crippen LogP contribution < -0.4 is 10.1 Å². The van der Waals surface area contributed by atoms with Gasteiger partial charge in [0.25, 0.3) is 0 Å². The molecule has 2 nitrogen and oxygen atoms in total. The lowest BCUT2D eigenvalue weighted by Crippen LogP contribution is -2.07. The summed E-state index contributed by atoms with van der Waals surface area (Å²) in [4.78, 5) is 0. The van der Waals surface area contributed by atoms with Gasteiger partial charge in [-0.15, -0.1) is 0 Å². The van der Waals surface area contributed by atoms with Crippen LogP contribution in [0, 0.1) is 5.92 Å². The van der Waals surface area contributed by atoms with Gasteiger partial charge in [-0.3, -0.25) is 0 Å². The van der Waals surface area contributed by atoms with Gasteiger partial charge in [0, 0.05) is 11.7 Å². The van der Waals surface area contributed by atoms with Gasteiger partial charge >= 0.3 is 0 Å². The number of rotatable bonds is 6. The van der Waals surface area contributed by atoms with Crippen molar-refractivity contribution < 1.29 is 4.74 Å². The van der Waals surface area contributed by atoms with Crippen molar-refractivity contribution in [3.8, 4) is 5.75 Å². The molecule has 0 fully saturated rings. The van der Waals surface area contributed by atoms with E-state index in [-0.39, 0.29) is 6.04 Å². The van der Waals surface area contributed by atoms with Gasteiger partial charge in [-0.2, -0.15) is 0 Å². The molecule has 2 heteroatoms. The highest BCUT2D eigenvalue weighted by molar-refractivity contribution is 5.45. The lowest BCUT2D eigenvalue weighted by Gasteiger charge is -2.16. The average Bonchev–Trinajstić information content (AvgIpc) is 2.46. The van der Waals surface area contributed by atoms with Crippen LogP contribution in [0.2, 0.25) is 0 Å². The van der Waals surface area contributed by atoms with Gasteiger partial charge < -0.3 is 10.1 Å². The first-order chi connectivity index (χ1) is 9.65. The Kier molecular flexibility index (Phi) is 5.05. The monoisotopic (exact) mass is 269 g/mol. The largest absolute Gasteiger partial charge is 0.493 e. The summed E-state index contributed by atoms with van der Waals surface area (Å²) in [6.07, 6.45) is 0. The molecular formula is C18H23NO. The van der Waals surface area contributed by atoms with Crippen LogP contribution in [0.25, 0.3) is 0 Å². The maximum absolute atomic E-state index is 5.70. The van der Waals surface area contributed by atoms with E-state index in [1.165, 1.54) is 5.56 Å². The fourth-order valence-electron chi connectivity index (χ4n) is 1.98. The quantitative estimate of drug-likeness (QED) is 0.805. The lowest BCUT2D eigenvalue weighted by atomic mass is 10.1. The summed E-state index contributed by atoms with van der Waals surface area (Å²) in [6.45, 7) is 7.23. The molecule has 1 atom stereocenters. The third-order valence-corrected chi connectivity index (χ3v) is 3.12. The summed E-state index contributed by atoms with van der Waals surface area (Å²) in [7, 11) is 0. The van der Waals surface area contributed by atoms with E-state index in [0.29, 0.717) is 5.92 Å². The minimum atomic E-state index is 0.275. The minimum absolute atomic E-state index is 0.275. The van der Waals surface area contributed by atoms with Crippen LogP contribution in [-0.2, 0) is 0 Å². The van der Waals surface area contributed by atoms with E-state index in [1.807, 2.05) is 30.3 Å². The molecule has 0 bridgehead atoms. The highest BCUT2D eigenvalue weighted by atomic mass is 16.5. The Labute approximate surface area is 121 Å². The molecule has 2 aromatic carbocycles. The topological polar surface area (TPSA) is 21.3 Å². The van der Waals surface area contributed by atoms with Crippen LogP contribution in [0.15, 0.2) is 54.6 Å². The highest BCUT2D eigenvalue weighted by Gasteiger charge is 2.05. The number of para-hydroxylation sites is 1. The maximum Gasteiger partial charge on any atom is 0.119 e. The summed E-state index contributed by atoms with van der Waals surface area (Å²) in [5.41, 5.74) is 2.39. The van der Waals surface area contributed by atoms with Crippen molar-refractivity contribution in [2.24, 2.45) is 5.92 Å². The van der Waals surface area contributed by atoms with Crippen LogP contribution in [0.5, 0.6) is 5.75 Å². The molecule has 0 radical (unpaired) electrons. The first kappa shape index (κ1) is 14.4. The van der Waals surface area contributed by atoms with Gasteiger partial charge in [-0.1, -0.05) is 44.2 Å². The summed E-state index contributed by atoms with van der Waals surface area (Å²) >= 11 is 0. The molecule has 0 aliphatic heterocycles. The first-order valence-corrected chi connectivity index (χ1v) is 7.19. The van der Waals surface area contributed by atoms with Crippen LogP contribution in [0.1, 0.15) is 32.4 Å². The molecule has 1 N–H and O–H groups in total. The summed E-state index contributed by atoms with van der Waals surface area (Å²) in [6, 6.07) is 18.9. The standard InChI is InChI=1S/C18H23NO/c1-14(2)13-20-18-11-9-16(10-12-18)15(3)19-17-7-5-4-6-8-17/h4-12,14-15,19H,13H2,1-3H3. The Morgan fingerprint density at radius 2 is 1.55 bits per heavy atom. The van der Waals surface area contributed by atoms with Gasteiger partial charge in [0.1, 0.15) is 5.75 Å². The molecule has 0 spiro atoms. The number of hydrogen-bond donors (Lipinski definition) is 1. The molecule has 0 aliphatic rings. The van der Waals surface area contributed by atoms with E-state index in [0.717, 1.165) is 18.0 Å². The van der Waals surface area contributed by atoms with Gasteiger partial charge in [0.2, 0.25) is 0 Å². The van der Waals surface area contributed by atoms with Crippen LogP contribution in [0.4, 0.5) is 5.69 Å². The van der Waals surface area contributed by atoms with Crippen molar-refractivity contribution in [3.05, 3.63) is 60.2 Å². The van der Waals surface area contributed by atoms with Gasteiger partial charge in [-0.25, -0.2) is 0 Å². The second-order valence-electron chi connectivity index (χ2n) is 5.51. The van der Waals surface area contributed by atoms with Crippen molar-refractivity contribution in [3.63, 3.8) is 0 Å². The Balaban J connectivity index is 1.95. The molecule has 20 heavy (non-hydrogen) atoms. The Morgan fingerprint density at radius 3 is 2.15 bits per heavy atom. The SMILES string of the molecule is CC(C)COc1ccc(C(C)Nc2ccccc2)cc1. The summed E-state index contributed by atoms with van der Waals surface area (Å²) < 4.78 is 5.70. The van der Waals surface area contributed by atoms with E-state index in [4.69, 9.17) is 4.74 Å². The van der Waals surface area contributed by atoms with E-state index < -0.39 is 0 Å². The number of nitrogens with one attached hydrogen (secondary N) is 1. The third-order valence-electron chi connectivity index (χ3n) is 3.12. The van der Waals surface area contributed by atoms with Crippen LogP contribution >= 0.6 is 0 Å². The van der Waals surface area contributed by atoms with Gasteiger partial charge in [-0.05, 0) is 42.7 Å². The molecule has 0 amide bonds. The molecule has 2 rings (SSSR count). The maximum atomic E-state index is 5.70. The van der Waals surface area contributed by atoms with E-state index >= 15 is 0 Å². The Bertz CT molecular complexity index is 505. The smallest absolute Gasteiger partial charge is 0.119 e.